The Labute approximate surface area is 167 Å². The molecule has 0 aliphatic carbocycles. The van der Waals surface area contributed by atoms with Crippen LogP contribution in [0.1, 0.15) is 34.6 Å². The van der Waals surface area contributed by atoms with E-state index in [-0.39, 0.29) is 11.6 Å². The lowest BCUT2D eigenvalue weighted by Crippen LogP contribution is -2.18. The van der Waals surface area contributed by atoms with Crippen LogP contribution in [0.2, 0.25) is 0 Å². The van der Waals surface area contributed by atoms with Crippen molar-refractivity contribution in [3.8, 4) is 5.69 Å². The van der Waals surface area contributed by atoms with E-state index in [2.05, 4.69) is 20.3 Å². The molecule has 1 aliphatic heterocycles. The summed E-state index contributed by atoms with van der Waals surface area (Å²) in [5, 5.41) is 7.04. The summed E-state index contributed by atoms with van der Waals surface area (Å²) in [6.07, 6.45) is 4.10. The summed E-state index contributed by atoms with van der Waals surface area (Å²) in [6.45, 7) is 5.38. The molecule has 29 heavy (non-hydrogen) atoms. The Balaban J connectivity index is 1.56. The third kappa shape index (κ3) is 3.70. The Hall–Kier alpha value is -3.29. The van der Waals surface area contributed by atoms with Gasteiger partial charge in [-0.1, -0.05) is 0 Å². The molecule has 0 bridgehead atoms. The van der Waals surface area contributed by atoms with Crippen LogP contribution in [0.3, 0.4) is 0 Å². The van der Waals surface area contributed by atoms with Crippen molar-refractivity contribution in [3.63, 3.8) is 0 Å². The van der Waals surface area contributed by atoms with Gasteiger partial charge in [0.2, 0.25) is 0 Å². The summed E-state index contributed by atoms with van der Waals surface area (Å²) >= 11 is 0. The third-order valence-corrected chi connectivity index (χ3v) is 5.12. The van der Waals surface area contributed by atoms with E-state index in [0.29, 0.717) is 22.8 Å². The zero-order chi connectivity index (χ0) is 20.5. The van der Waals surface area contributed by atoms with E-state index >= 15 is 0 Å². The first-order valence-electron chi connectivity index (χ1n) is 9.48. The number of anilines is 2. The SMILES string of the molecule is Cc1nn(-c2ccc(F)cc2F)c(C)c1C(=O)Nc1ccc(N2CCCC2)cn1. The fourth-order valence-corrected chi connectivity index (χ4v) is 3.66. The fourth-order valence-electron chi connectivity index (χ4n) is 3.66. The van der Waals surface area contributed by atoms with Crippen LogP contribution in [0.25, 0.3) is 5.69 Å². The largest absolute Gasteiger partial charge is 0.370 e. The van der Waals surface area contributed by atoms with Gasteiger partial charge in [-0.15, -0.1) is 0 Å². The normalized spacial score (nSPS) is 13.7. The smallest absolute Gasteiger partial charge is 0.260 e. The van der Waals surface area contributed by atoms with Crippen molar-refractivity contribution in [2.24, 2.45) is 0 Å². The molecular weight excluding hydrogens is 376 g/mol. The first-order chi connectivity index (χ1) is 13.9. The molecule has 0 unspecified atom stereocenters. The molecule has 8 heteroatoms. The summed E-state index contributed by atoms with van der Waals surface area (Å²) in [5.74, 6) is -1.37. The minimum Gasteiger partial charge on any atom is -0.370 e. The number of pyridine rings is 1. The molecule has 3 heterocycles. The second-order valence-corrected chi connectivity index (χ2v) is 7.10. The Morgan fingerprint density at radius 2 is 1.86 bits per heavy atom. The number of rotatable bonds is 4. The van der Waals surface area contributed by atoms with Crippen LogP contribution in [0, 0.1) is 25.5 Å². The number of hydrogen-bond acceptors (Lipinski definition) is 4. The molecule has 0 saturated carbocycles. The summed E-state index contributed by atoms with van der Waals surface area (Å²) < 4.78 is 28.7. The molecule has 1 fully saturated rings. The number of amides is 1. The Morgan fingerprint density at radius 3 is 2.52 bits per heavy atom. The van der Waals surface area contributed by atoms with E-state index in [4.69, 9.17) is 0 Å². The number of benzene rings is 1. The molecule has 0 atom stereocenters. The highest BCUT2D eigenvalue weighted by molar-refractivity contribution is 6.05. The minimum absolute atomic E-state index is 0.0825. The molecule has 1 saturated heterocycles. The van der Waals surface area contributed by atoms with Crippen molar-refractivity contribution in [2.75, 3.05) is 23.3 Å². The van der Waals surface area contributed by atoms with E-state index in [0.717, 1.165) is 30.9 Å². The van der Waals surface area contributed by atoms with Gasteiger partial charge in [-0.25, -0.2) is 18.4 Å². The molecule has 3 aromatic rings. The van der Waals surface area contributed by atoms with Gasteiger partial charge in [-0.3, -0.25) is 4.79 Å². The van der Waals surface area contributed by atoms with Crippen molar-refractivity contribution in [1.82, 2.24) is 14.8 Å². The van der Waals surface area contributed by atoms with Gasteiger partial charge in [-0.2, -0.15) is 5.10 Å². The lowest BCUT2D eigenvalue weighted by Gasteiger charge is -2.17. The maximum Gasteiger partial charge on any atom is 0.260 e. The van der Waals surface area contributed by atoms with Crippen molar-refractivity contribution in [2.45, 2.75) is 26.7 Å². The molecular formula is C21H21F2N5O. The molecule has 1 amide bonds. The number of aromatic nitrogens is 3. The zero-order valence-electron chi connectivity index (χ0n) is 16.2. The Bertz CT molecular complexity index is 1060. The first-order valence-corrected chi connectivity index (χ1v) is 9.48. The number of carbonyl (C=O) groups excluding carboxylic acids is 1. The fraction of sp³-hybridized carbons (Fsp3) is 0.286. The van der Waals surface area contributed by atoms with Crippen LogP contribution in [0.5, 0.6) is 0 Å². The van der Waals surface area contributed by atoms with Crippen molar-refractivity contribution in [3.05, 3.63) is 65.1 Å². The van der Waals surface area contributed by atoms with E-state index in [1.165, 1.54) is 23.6 Å². The average molecular weight is 397 g/mol. The lowest BCUT2D eigenvalue weighted by molar-refractivity contribution is 0.102. The quantitative estimate of drug-likeness (QED) is 0.722. The number of nitrogens with one attached hydrogen (secondary N) is 1. The van der Waals surface area contributed by atoms with Crippen LogP contribution in [-0.2, 0) is 0 Å². The van der Waals surface area contributed by atoms with Crippen molar-refractivity contribution >= 4 is 17.4 Å². The predicted octanol–water partition coefficient (Wildman–Crippen LogP) is 4.01. The molecule has 150 valence electrons. The minimum atomic E-state index is -0.748. The van der Waals surface area contributed by atoms with Crippen LogP contribution < -0.4 is 10.2 Å². The van der Waals surface area contributed by atoms with Gasteiger partial charge in [0.05, 0.1) is 28.8 Å². The molecule has 1 aliphatic rings. The Kier molecular flexibility index (Phi) is 5.00. The van der Waals surface area contributed by atoms with Gasteiger partial charge >= 0.3 is 0 Å². The van der Waals surface area contributed by atoms with Crippen molar-refractivity contribution in [1.29, 1.82) is 0 Å². The van der Waals surface area contributed by atoms with E-state index in [1.54, 1.807) is 26.1 Å². The van der Waals surface area contributed by atoms with Crippen LogP contribution >= 0.6 is 0 Å². The molecule has 1 aromatic carbocycles. The molecule has 6 nitrogen and oxygen atoms in total. The van der Waals surface area contributed by atoms with Gasteiger partial charge in [0, 0.05) is 19.2 Å². The lowest BCUT2D eigenvalue weighted by atomic mass is 10.2. The van der Waals surface area contributed by atoms with Crippen molar-refractivity contribution < 1.29 is 13.6 Å². The van der Waals surface area contributed by atoms with E-state index < -0.39 is 11.6 Å². The number of nitrogens with zero attached hydrogens (tertiary/aromatic N) is 4. The number of halogens is 2. The van der Waals surface area contributed by atoms with Crippen LogP contribution in [0.15, 0.2) is 36.5 Å². The summed E-state index contributed by atoms with van der Waals surface area (Å²) in [6, 6.07) is 6.94. The molecule has 0 spiro atoms. The average Bonchev–Trinajstić information content (AvgIpc) is 3.31. The van der Waals surface area contributed by atoms with E-state index in [1.807, 2.05) is 6.07 Å². The van der Waals surface area contributed by atoms with Gasteiger partial charge < -0.3 is 10.2 Å². The highest BCUT2D eigenvalue weighted by Gasteiger charge is 2.21. The predicted molar refractivity (Wildman–Crippen MR) is 107 cm³/mol. The van der Waals surface area contributed by atoms with E-state index in [9.17, 15) is 13.6 Å². The number of carbonyl (C=O) groups is 1. The molecule has 1 N–H and O–H groups in total. The molecule has 0 radical (unpaired) electrons. The second-order valence-electron chi connectivity index (χ2n) is 7.10. The number of aryl methyl sites for hydroxylation is 1. The van der Waals surface area contributed by atoms with Gasteiger partial charge in [0.25, 0.3) is 5.91 Å². The zero-order valence-corrected chi connectivity index (χ0v) is 16.2. The standard InChI is InChI=1S/C21H21F2N5O/c1-13-20(14(2)28(26-13)18-7-5-15(22)11-17(18)23)21(29)25-19-8-6-16(12-24-19)27-9-3-4-10-27/h5-8,11-12H,3-4,9-10H2,1-2H3,(H,24,25,29). The highest BCUT2D eigenvalue weighted by Crippen LogP contribution is 2.23. The van der Waals surface area contributed by atoms with Gasteiger partial charge in [0.15, 0.2) is 5.82 Å². The summed E-state index contributed by atoms with van der Waals surface area (Å²) in [4.78, 5) is 19.4. The monoisotopic (exact) mass is 397 g/mol. The molecule has 4 rings (SSSR count). The topological polar surface area (TPSA) is 63.1 Å². The maximum absolute atomic E-state index is 14.2. The van der Waals surface area contributed by atoms with Gasteiger partial charge in [-0.05, 0) is 51.0 Å². The van der Waals surface area contributed by atoms with Crippen LogP contribution in [0.4, 0.5) is 20.3 Å². The highest BCUT2D eigenvalue weighted by atomic mass is 19.1. The van der Waals surface area contributed by atoms with Crippen LogP contribution in [-0.4, -0.2) is 33.8 Å². The first kappa shape index (κ1) is 19.0. The maximum atomic E-state index is 14.2. The van der Waals surface area contributed by atoms with Gasteiger partial charge in [0.1, 0.15) is 17.3 Å². The summed E-state index contributed by atoms with van der Waals surface area (Å²) in [7, 11) is 0. The third-order valence-electron chi connectivity index (χ3n) is 5.12. The summed E-state index contributed by atoms with van der Waals surface area (Å²) in [5.41, 5.74) is 2.35. The Morgan fingerprint density at radius 1 is 1.10 bits per heavy atom. The molecule has 2 aromatic heterocycles. The number of hydrogen-bond donors (Lipinski definition) is 1. The second kappa shape index (κ2) is 7.62.